The van der Waals surface area contributed by atoms with Crippen molar-refractivity contribution in [2.24, 2.45) is 17.8 Å². The predicted molar refractivity (Wildman–Crippen MR) is 177 cm³/mol. The zero-order valence-corrected chi connectivity index (χ0v) is 25.6. The Bertz CT molecular complexity index is 1140. The zero-order chi connectivity index (χ0) is 27.1. The highest BCUT2D eigenvalue weighted by atomic mass is 31.2. The van der Waals surface area contributed by atoms with Gasteiger partial charge in [-0.3, -0.25) is 0 Å². The monoisotopic (exact) mass is 563 g/mol. The fourth-order valence-electron chi connectivity index (χ4n) is 7.34. The zero-order valence-electron chi connectivity index (χ0n) is 23.9. The minimum absolute atomic E-state index is 0.581. The van der Waals surface area contributed by atoms with Gasteiger partial charge in [-0.2, -0.15) is 0 Å². The number of benzene rings is 4. The van der Waals surface area contributed by atoms with Crippen LogP contribution in [0.2, 0.25) is 0 Å². The van der Waals surface area contributed by atoms with Crippen molar-refractivity contribution in [1.29, 1.82) is 0 Å². The molecule has 2 saturated carbocycles. The fourth-order valence-corrected chi connectivity index (χ4v) is 13.8. The molecular weight excluding hydrogens is 520 g/mol. The van der Waals surface area contributed by atoms with Crippen LogP contribution in [-0.4, -0.2) is 10.5 Å². The summed E-state index contributed by atoms with van der Waals surface area (Å²) in [5.41, 5.74) is 0. The Morgan fingerprint density at radius 3 is 1.20 bits per heavy atom. The van der Waals surface area contributed by atoms with Gasteiger partial charge in [0, 0.05) is 22.2 Å². The van der Waals surface area contributed by atoms with Gasteiger partial charge in [0.25, 0.3) is 0 Å². The maximum Gasteiger partial charge on any atom is 0.0325 e. The standard InChI is InChI=1S/C37H43NP2/c1-30-18-14-15-27-35(30)36-28-16-17-29-37(36)38(39(31-19-6-2-7-20-31)32-21-8-3-9-22-32)40(33-23-10-4-11-24-33)34-25-12-5-13-26-34/h2-13,19-26,30,35-37H,14-18,27-29H2,1H3/t30?,35?,36-,37+/m0/s1. The third-order valence-electron chi connectivity index (χ3n) is 9.22. The quantitative estimate of drug-likeness (QED) is 0.194. The van der Waals surface area contributed by atoms with Gasteiger partial charge in [-0.15, -0.1) is 0 Å². The van der Waals surface area contributed by atoms with E-state index in [-0.39, 0.29) is 0 Å². The van der Waals surface area contributed by atoms with Gasteiger partial charge >= 0.3 is 0 Å². The summed E-state index contributed by atoms with van der Waals surface area (Å²) in [6.45, 7) is 2.56. The topological polar surface area (TPSA) is 3.24 Å². The minimum atomic E-state index is -0.724. The Labute approximate surface area is 244 Å². The van der Waals surface area contributed by atoms with E-state index in [9.17, 15) is 0 Å². The highest BCUT2D eigenvalue weighted by Crippen LogP contribution is 2.60. The van der Waals surface area contributed by atoms with Crippen molar-refractivity contribution in [3.05, 3.63) is 121 Å². The first-order valence-corrected chi connectivity index (χ1v) is 18.0. The Kier molecular flexibility index (Phi) is 9.45. The van der Waals surface area contributed by atoms with Crippen LogP contribution in [-0.2, 0) is 0 Å². The van der Waals surface area contributed by atoms with E-state index in [1.165, 1.54) is 72.6 Å². The molecule has 0 heterocycles. The molecule has 4 aromatic rings. The number of rotatable bonds is 8. The first kappa shape index (κ1) is 27.8. The number of nitrogens with zero attached hydrogens (tertiary/aromatic N) is 1. The van der Waals surface area contributed by atoms with Gasteiger partial charge < -0.3 is 0 Å². The van der Waals surface area contributed by atoms with E-state index in [0.717, 1.165) is 17.8 Å². The highest BCUT2D eigenvalue weighted by Gasteiger charge is 2.44. The minimum Gasteiger partial charge on any atom is -0.241 e. The molecule has 0 aliphatic heterocycles. The van der Waals surface area contributed by atoms with Crippen molar-refractivity contribution < 1.29 is 0 Å². The molecular formula is C37H43NP2. The van der Waals surface area contributed by atoms with Crippen LogP contribution in [0.4, 0.5) is 0 Å². The summed E-state index contributed by atoms with van der Waals surface area (Å²) in [4.78, 5) is 0. The first-order chi connectivity index (χ1) is 19.8. The third kappa shape index (κ3) is 6.14. The Morgan fingerprint density at radius 2 is 0.800 bits per heavy atom. The second-order valence-electron chi connectivity index (χ2n) is 11.7. The largest absolute Gasteiger partial charge is 0.241 e. The van der Waals surface area contributed by atoms with Gasteiger partial charge in [0.1, 0.15) is 0 Å². The van der Waals surface area contributed by atoms with Crippen molar-refractivity contribution in [1.82, 2.24) is 4.44 Å². The van der Waals surface area contributed by atoms with Crippen molar-refractivity contribution in [2.45, 2.75) is 64.3 Å². The van der Waals surface area contributed by atoms with Crippen molar-refractivity contribution >= 4 is 37.4 Å². The van der Waals surface area contributed by atoms with Gasteiger partial charge in [0.15, 0.2) is 0 Å². The molecule has 0 radical (unpaired) electrons. The van der Waals surface area contributed by atoms with Crippen LogP contribution in [0.25, 0.3) is 0 Å². The summed E-state index contributed by atoms with van der Waals surface area (Å²) in [5, 5.41) is 5.90. The van der Waals surface area contributed by atoms with E-state index in [0.29, 0.717) is 6.04 Å². The lowest BCUT2D eigenvalue weighted by Crippen LogP contribution is -2.47. The van der Waals surface area contributed by atoms with E-state index < -0.39 is 16.1 Å². The maximum atomic E-state index is 3.12. The molecule has 2 fully saturated rings. The molecule has 40 heavy (non-hydrogen) atoms. The molecule has 0 bridgehead atoms. The van der Waals surface area contributed by atoms with Crippen molar-refractivity contribution in [2.75, 3.05) is 0 Å². The van der Waals surface area contributed by atoms with Gasteiger partial charge in [-0.25, -0.2) is 4.44 Å². The lowest BCUT2D eigenvalue weighted by atomic mass is 9.67. The van der Waals surface area contributed by atoms with E-state index in [4.69, 9.17) is 0 Å². The Balaban J connectivity index is 1.57. The highest BCUT2D eigenvalue weighted by molar-refractivity contribution is 7.84. The van der Waals surface area contributed by atoms with Crippen LogP contribution in [0.3, 0.4) is 0 Å². The van der Waals surface area contributed by atoms with Gasteiger partial charge in [0.05, 0.1) is 0 Å². The fraction of sp³-hybridized carbons (Fsp3) is 0.351. The molecule has 0 saturated heterocycles. The van der Waals surface area contributed by atoms with Crippen LogP contribution < -0.4 is 21.2 Å². The lowest BCUT2D eigenvalue weighted by molar-refractivity contribution is 0.0986. The molecule has 0 amide bonds. The summed E-state index contributed by atoms with van der Waals surface area (Å²) in [6.07, 6.45) is 11.1. The SMILES string of the molecule is CC1CCCCC1[C@@H]1CCCC[C@H]1N(P(c1ccccc1)c1ccccc1)P(c1ccccc1)c1ccccc1. The number of hydrogen-bond acceptors (Lipinski definition) is 1. The Morgan fingerprint density at radius 1 is 0.450 bits per heavy atom. The van der Waals surface area contributed by atoms with Gasteiger partial charge in [-0.1, -0.05) is 160 Å². The second kappa shape index (κ2) is 13.6. The van der Waals surface area contributed by atoms with Crippen LogP contribution in [0.1, 0.15) is 58.3 Å². The Hall–Kier alpha value is -2.30. The average molecular weight is 564 g/mol. The smallest absolute Gasteiger partial charge is 0.0325 e. The summed E-state index contributed by atoms with van der Waals surface area (Å²) in [6, 6.07) is 46.5. The lowest BCUT2D eigenvalue weighted by Gasteiger charge is -2.51. The predicted octanol–water partition coefficient (Wildman–Crippen LogP) is 8.77. The molecule has 206 valence electrons. The molecule has 2 aliphatic rings. The molecule has 3 heteroatoms. The second-order valence-corrected chi connectivity index (χ2v) is 16.2. The van der Waals surface area contributed by atoms with Crippen LogP contribution >= 0.6 is 16.1 Å². The molecule has 2 unspecified atom stereocenters. The summed E-state index contributed by atoms with van der Waals surface area (Å²) in [7, 11) is -1.45. The van der Waals surface area contributed by atoms with Gasteiger partial charge in [0.2, 0.25) is 0 Å². The van der Waals surface area contributed by atoms with Crippen LogP contribution in [0.5, 0.6) is 0 Å². The molecule has 0 spiro atoms. The van der Waals surface area contributed by atoms with Crippen molar-refractivity contribution in [3.8, 4) is 0 Å². The molecule has 0 aromatic heterocycles. The third-order valence-corrected chi connectivity index (χ3v) is 14.9. The molecule has 0 N–H and O–H groups in total. The first-order valence-electron chi connectivity index (χ1n) is 15.4. The molecule has 4 atom stereocenters. The summed E-state index contributed by atoms with van der Waals surface area (Å²) >= 11 is 0. The van der Waals surface area contributed by atoms with Crippen LogP contribution in [0.15, 0.2) is 121 Å². The molecule has 6 rings (SSSR count). The average Bonchev–Trinajstić information content (AvgIpc) is 3.03. The van der Waals surface area contributed by atoms with Crippen molar-refractivity contribution in [3.63, 3.8) is 0 Å². The number of hydrogen-bond donors (Lipinski definition) is 0. The van der Waals surface area contributed by atoms with E-state index in [2.05, 4.69) is 133 Å². The van der Waals surface area contributed by atoms with E-state index >= 15 is 0 Å². The van der Waals surface area contributed by atoms with E-state index in [1.807, 2.05) is 0 Å². The molecule has 2 aliphatic carbocycles. The summed E-state index contributed by atoms with van der Waals surface area (Å²) in [5.74, 6) is 2.44. The molecule has 4 aromatic carbocycles. The summed E-state index contributed by atoms with van der Waals surface area (Å²) < 4.78 is 3.12. The van der Waals surface area contributed by atoms with E-state index in [1.54, 1.807) is 0 Å². The van der Waals surface area contributed by atoms with Crippen LogP contribution in [0, 0.1) is 17.8 Å². The maximum absolute atomic E-state index is 3.12. The van der Waals surface area contributed by atoms with Gasteiger partial charge in [-0.05, 0) is 58.2 Å². The normalized spacial score (nSPS) is 23.5. The molecule has 1 nitrogen and oxygen atoms in total.